The monoisotopic (exact) mass is 436 g/mol. The minimum atomic E-state index is -0.264. The van der Waals surface area contributed by atoms with Gasteiger partial charge in [-0.2, -0.15) is 0 Å². The summed E-state index contributed by atoms with van der Waals surface area (Å²) in [5.74, 6) is 1.12. The smallest absolute Gasteiger partial charge is 0.123 e. The highest BCUT2D eigenvalue weighted by Gasteiger charge is 2.43. The number of halogens is 1. The third kappa shape index (κ3) is 4.56. The van der Waals surface area contributed by atoms with Gasteiger partial charge < -0.3 is 15.0 Å². The molecule has 3 aromatic rings. The van der Waals surface area contributed by atoms with Crippen LogP contribution in [0, 0.1) is 11.7 Å². The molecule has 1 aliphatic carbocycles. The second-order valence-electron chi connectivity index (χ2n) is 10.2. The van der Waals surface area contributed by atoms with Crippen LogP contribution in [0.1, 0.15) is 63.6 Å². The maximum Gasteiger partial charge on any atom is 0.123 e. The summed E-state index contributed by atoms with van der Waals surface area (Å²) in [6.07, 6.45) is 8.17. The van der Waals surface area contributed by atoms with Crippen LogP contribution < -0.4 is 10.1 Å². The van der Waals surface area contributed by atoms with Crippen LogP contribution in [0.2, 0.25) is 0 Å². The van der Waals surface area contributed by atoms with Crippen molar-refractivity contribution >= 4 is 10.9 Å². The standard InChI is InChI=1S/C28H37FN2O/c1-27(2,24-17-22(29)14-15-26(24)32-4)19-28(30-3,21-11-6-5-7-12-21)18-23-16-20-10-8-9-13-25(20)31-23/h8-10,13-17,21,30-31H,5-7,11-12,18-19H2,1-4H3. The summed E-state index contributed by atoms with van der Waals surface area (Å²) in [7, 11) is 3.78. The first-order valence-corrected chi connectivity index (χ1v) is 12.0. The molecule has 4 heteroatoms. The Hall–Kier alpha value is -2.33. The molecule has 32 heavy (non-hydrogen) atoms. The zero-order valence-corrected chi connectivity index (χ0v) is 19.9. The van der Waals surface area contributed by atoms with Crippen molar-refractivity contribution in [1.29, 1.82) is 0 Å². The zero-order chi connectivity index (χ0) is 22.8. The first kappa shape index (κ1) is 22.8. The Kier molecular flexibility index (Phi) is 6.62. The van der Waals surface area contributed by atoms with Gasteiger partial charge in [0, 0.05) is 28.7 Å². The Bertz CT molecular complexity index is 1020. The molecule has 0 aliphatic heterocycles. The van der Waals surface area contributed by atoms with E-state index < -0.39 is 0 Å². The number of rotatable bonds is 8. The summed E-state index contributed by atoms with van der Waals surface area (Å²) < 4.78 is 19.9. The van der Waals surface area contributed by atoms with Gasteiger partial charge in [-0.1, -0.05) is 51.3 Å². The molecule has 0 bridgehead atoms. The largest absolute Gasteiger partial charge is 0.496 e. The number of hydrogen-bond acceptors (Lipinski definition) is 2. The number of ether oxygens (including phenoxy) is 1. The highest BCUT2D eigenvalue weighted by molar-refractivity contribution is 5.80. The van der Waals surface area contributed by atoms with Crippen molar-refractivity contribution in [2.75, 3.05) is 14.2 Å². The van der Waals surface area contributed by atoms with Crippen LogP contribution in [0.4, 0.5) is 4.39 Å². The quantitative estimate of drug-likeness (QED) is 0.409. The Morgan fingerprint density at radius 2 is 1.81 bits per heavy atom. The average Bonchev–Trinajstić information content (AvgIpc) is 3.21. The van der Waals surface area contributed by atoms with Crippen LogP contribution in [-0.2, 0) is 11.8 Å². The number of nitrogens with one attached hydrogen (secondary N) is 2. The van der Waals surface area contributed by atoms with Gasteiger partial charge in [0.15, 0.2) is 0 Å². The van der Waals surface area contributed by atoms with Crippen molar-refractivity contribution in [2.45, 2.75) is 69.7 Å². The Labute approximate surface area is 191 Å². The molecular weight excluding hydrogens is 399 g/mol. The maximum atomic E-state index is 14.3. The fourth-order valence-corrected chi connectivity index (χ4v) is 6.05. The van der Waals surface area contributed by atoms with Crippen LogP contribution in [0.25, 0.3) is 10.9 Å². The summed E-state index contributed by atoms with van der Waals surface area (Å²) in [6.45, 7) is 4.45. The van der Waals surface area contributed by atoms with Gasteiger partial charge in [-0.25, -0.2) is 4.39 Å². The Balaban J connectivity index is 1.73. The number of benzene rings is 2. The van der Waals surface area contributed by atoms with E-state index in [4.69, 9.17) is 4.74 Å². The molecule has 1 heterocycles. The third-order valence-electron chi connectivity index (χ3n) is 7.62. The number of para-hydroxylation sites is 1. The molecule has 2 aromatic carbocycles. The van der Waals surface area contributed by atoms with Crippen LogP contribution in [0.15, 0.2) is 48.5 Å². The second-order valence-corrected chi connectivity index (χ2v) is 10.2. The third-order valence-corrected chi connectivity index (χ3v) is 7.62. The van der Waals surface area contributed by atoms with Crippen molar-refractivity contribution in [3.8, 4) is 5.75 Å². The highest BCUT2D eigenvalue weighted by Crippen LogP contribution is 2.45. The molecule has 1 unspecified atom stereocenters. The lowest BCUT2D eigenvalue weighted by Gasteiger charge is -2.47. The number of hydrogen-bond donors (Lipinski definition) is 2. The van der Waals surface area contributed by atoms with Crippen LogP contribution in [-0.4, -0.2) is 24.7 Å². The predicted octanol–water partition coefficient (Wildman–Crippen LogP) is 6.76. The lowest BCUT2D eigenvalue weighted by molar-refractivity contribution is 0.128. The van der Waals surface area contributed by atoms with E-state index in [2.05, 4.69) is 61.5 Å². The van der Waals surface area contributed by atoms with Gasteiger partial charge in [0.1, 0.15) is 11.6 Å². The lowest BCUT2D eigenvalue weighted by Crippen LogP contribution is -2.55. The minimum Gasteiger partial charge on any atom is -0.496 e. The molecule has 1 aromatic heterocycles. The van der Waals surface area contributed by atoms with E-state index in [0.717, 1.165) is 24.2 Å². The average molecular weight is 437 g/mol. The fraction of sp³-hybridized carbons (Fsp3) is 0.500. The first-order chi connectivity index (χ1) is 15.4. The molecule has 172 valence electrons. The molecule has 1 saturated carbocycles. The van der Waals surface area contributed by atoms with Crippen molar-refractivity contribution < 1.29 is 9.13 Å². The van der Waals surface area contributed by atoms with Gasteiger partial charge >= 0.3 is 0 Å². The number of aromatic nitrogens is 1. The van der Waals surface area contributed by atoms with E-state index in [9.17, 15) is 4.39 Å². The molecule has 1 atom stereocenters. The van der Waals surface area contributed by atoms with E-state index >= 15 is 0 Å². The molecule has 0 amide bonds. The van der Waals surface area contributed by atoms with E-state index in [1.807, 2.05) is 0 Å². The maximum absolute atomic E-state index is 14.3. The molecule has 1 aliphatic rings. The molecule has 2 N–H and O–H groups in total. The zero-order valence-electron chi connectivity index (χ0n) is 19.9. The molecule has 4 rings (SSSR count). The molecule has 0 radical (unpaired) electrons. The van der Waals surface area contributed by atoms with Crippen LogP contribution >= 0.6 is 0 Å². The first-order valence-electron chi connectivity index (χ1n) is 12.0. The van der Waals surface area contributed by atoms with Crippen LogP contribution in [0.3, 0.4) is 0 Å². The van der Waals surface area contributed by atoms with Crippen molar-refractivity contribution in [1.82, 2.24) is 10.3 Å². The van der Waals surface area contributed by atoms with Gasteiger partial charge in [0.05, 0.1) is 7.11 Å². The number of methoxy groups -OCH3 is 1. The number of H-pyrrole nitrogens is 1. The Morgan fingerprint density at radius 3 is 2.50 bits per heavy atom. The highest BCUT2D eigenvalue weighted by atomic mass is 19.1. The topological polar surface area (TPSA) is 37.0 Å². The molecule has 0 saturated heterocycles. The van der Waals surface area contributed by atoms with E-state index in [0.29, 0.717) is 5.92 Å². The van der Waals surface area contributed by atoms with Crippen LogP contribution in [0.5, 0.6) is 5.75 Å². The Morgan fingerprint density at radius 1 is 1.06 bits per heavy atom. The minimum absolute atomic E-state index is 0.0951. The van der Waals surface area contributed by atoms with E-state index in [1.54, 1.807) is 19.2 Å². The van der Waals surface area contributed by atoms with Gasteiger partial charge in [-0.15, -0.1) is 0 Å². The van der Waals surface area contributed by atoms with E-state index in [1.165, 1.54) is 54.8 Å². The molecule has 3 nitrogen and oxygen atoms in total. The van der Waals surface area contributed by atoms with Gasteiger partial charge in [-0.3, -0.25) is 0 Å². The summed E-state index contributed by atoms with van der Waals surface area (Å²) in [6, 6.07) is 15.7. The second kappa shape index (κ2) is 9.27. The van der Waals surface area contributed by atoms with Gasteiger partial charge in [0.25, 0.3) is 0 Å². The molecular formula is C28H37FN2O. The van der Waals surface area contributed by atoms with E-state index in [-0.39, 0.29) is 16.8 Å². The van der Waals surface area contributed by atoms with Crippen molar-refractivity contribution in [2.24, 2.45) is 5.92 Å². The summed E-state index contributed by atoms with van der Waals surface area (Å²) >= 11 is 0. The SMILES string of the molecule is CNC(Cc1cc2ccccc2[nH]1)(CC(C)(C)c1cc(F)ccc1OC)C1CCCCC1. The summed E-state index contributed by atoms with van der Waals surface area (Å²) in [4.78, 5) is 3.66. The predicted molar refractivity (Wildman–Crippen MR) is 131 cm³/mol. The van der Waals surface area contributed by atoms with Gasteiger partial charge in [-0.05, 0) is 73.4 Å². The number of likely N-dealkylation sites (N-methyl/N-ethyl adjacent to an activating group) is 1. The normalized spacial score (nSPS) is 17.4. The van der Waals surface area contributed by atoms with Crippen molar-refractivity contribution in [3.63, 3.8) is 0 Å². The van der Waals surface area contributed by atoms with Crippen molar-refractivity contribution in [3.05, 3.63) is 65.6 Å². The fourth-order valence-electron chi connectivity index (χ4n) is 6.05. The summed E-state index contributed by atoms with van der Waals surface area (Å²) in [5, 5.41) is 5.05. The molecule has 1 fully saturated rings. The summed E-state index contributed by atoms with van der Waals surface area (Å²) in [5.41, 5.74) is 3.02. The number of fused-ring (bicyclic) bond motifs is 1. The molecule has 0 spiro atoms. The lowest BCUT2D eigenvalue weighted by atomic mass is 9.64. The van der Waals surface area contributed by atoms with Gasteiger partial charge in [0.2, 0.25) is 0 Å². The number of aromatic amines is 1.